The minimum Gasteiger partial charge on any atom is -0.296 e. The quantitative estimate of drug-likeness (QED) is 0.634. The van der Waals surface area contributed by atoms with Crippen LogP contribution in [0.5, 0.6) is 0 Å². The Morgan fingerprint density at radius 2 is 2.30 bits per heavy atom. The standard InChI is InChI=1S/C7H11BrN2/c1-10-6(5-2-3-5)4-7(8)9-10/h5-6H,2-4H2,1H3. The normalized spacial score (nSPS) is 32.8. The molecule has 0 aromatic rings. The van der Waals surface area contributed by atoms with Gasteiger partial charge >= 0.3 is 0 Å². The molecule has 1 unspecified atom stereocenters. The first-order valence-corrected chi connectivity index (χ1v) is 4.52. The van der Waals surface area contributed by atoms with Gasteiger partial charge in [-0.2, -0.15) is 5.10 Å². The van der Waals surface area contributed by atoms with Crippen LogP contribution in [0.25, 0.3) is 0 Å². The first-order chi connectivity index (χ1) is 4.77. The van der Waals surface area contributed by atoms with Gasteiger partial charge in [0.25, 0.3) is 0 Å². The first-order valence-electron chi connectivity index (χ1n) is 3.73. The highest BCUT2D eigenvalue weighted by atomic mass is 79.9. The smallest absolute Gasteiger partial charge is 0.105 e. The molecule has 1 aliphatic carbocycles. The van der Waals surface area contributed by atoms with Crippen LogP contribution in [0.3, 0.4) is 0 Å². The van der Waals surface area contributed by atoms with Gasteiger partial charge in [-0.25, -0.2) is 0 Å². The van der Waals surface area contributed by atoms with Gasteiger partial charge in [-0.3, -0.25) is 5.01 Å². The number of halogens is 1. The van der Waals surface area contributed by atoms with Gasteiger partial charge in [0.1, 0.15) is 4.62 Å². The second kappa shape index (κ2) is 2.22. The minimum absolute atomic E-state index is 0.703. The van der Waals surface area contributed by atoms with Gasteiger partial charge in [0.2, 0.25) is 0 Å². The van der Waals surface area contributed by atoms with Gasteiger partial charge in [0, 0.05) is 13.5 Å². The fourth-order valence-electron chi connectivity index (χ4n) is 1.54. The maximum Gasteiger partial charge on any atom is 0.105 e. The highest BCUT2D eigenvalue weighted by Gasteiger charge is 2.36. The van der Waals surface area contributed by atoms with Crippen molar-refractivity contribution in [2.75, 3.05) is 7.05 Å². The molecule has 0 bridgehead atoms. The third-order valence-electron chi connectivity index (χ3n) is 2.29. The zero-order valence-electron chi connectivity index (χ0n) is 6.05. The number of hydrogen-bond acceptors (Lipinski definition) is 2. The molecule has 56 valence electrons. The average molecular weight is 203 g/mol. The van der Waals surface area contributed by atoms with E-state index in [2.05, 4.69) is 33.1 Å². The summed E-state index contributed by atoms with van der Waals surface area (Å²) in [6, 6.07) is 0.703. The summed E-state index contributed by atoms with van der Waals surface area (Å²) in [6.45, 7) is 0. The van der Waals surface area contributed by atoms with Crippen LogP contribution in [0, 0.1) is 5.92 Å². The summed E-state index contributed by atoms with van der Waals surface area (Å²) >= 11 is 3.42. The van der Waals surface area contributed by atoms with Crippen molar-refractivity contribution >= 4 is 20.6 Å². The monoisotopic (exact) mass is 202 g/mol. The van der Waals surface area contributed by atoms with Crippen molar-refractivity contribution in [2.45, 2.75) is 25.3 Å². The fraction of sp³-hybridized carbons (Fsp3) is 0.857. The van der Waals surface area contributed by atoms with Crippen molar-refractivity contribution < 1.29 is 0 Å². The van der Waals surface area contributed by atoms with Crippen LogP contribution in [-0.4, -0.2) is 22.7 Å². The molecule has 10 heavy (non-hydrogen) atoms. The van der Waals surface area contributed by atoms with E-state index in [0.717, 1.165) is 17.0 Å². The van der Waals surface area contributed by atoms with Crippen molar-refractivity contribution in [2.24, 2.45) is 11.0 Å². The Kier molecular flexibility index (Phi) is 1.48. The Hall–Kier alpha value is -0.0500. The summed E-state index contributed by atoms with van der Waals surface area (Å²) in [6.07, 6.45) is 3.94. The summed E-state index contributed by atoms with van der Waals surface area (Å²) < 4.78 is 1.12. The van der Waals surface area contributed by atoms with Gasteiger partial charge in [0.05, 0.1) is 6.04 Å². The van der Waals surface area contributed by atoms with E-state index < -0.39 is 0 Å². The van der Waals surface area contributed by atoms with Crippen LogP contribution >= 0.6 is 15.9 Å². The van der Waals surface area contributed by atoms with Crippen molar-refractivity contribution in [3.8, 4) is 0 Å². The Morgan fingerprint density at radius 3 is 2.70 bits per heavy atom. The molecule has 0 N–H and O–H groups in total. The van der Waals surface area contributed by atoms with Gasteiger partial charge in [-0.1, -0.05) is 0 Å². The molecule has 1 saturated carbocycles. The van der Waals surface area contributed by atoms with Crippen LogP contribution in [0.2, 0.25) is 0 Å². The van der Waals surface area contributed by atoms with Crippen molar-refractivity contribution in [1.29, 1.82) is 0 Å². The molecule has 0 aromatic carbocycles. The SMILES string of the molecule is CN1N=C(Br)CC1C1CC1. The molecule has 3 heteroatoms. The van der Waals surface area contributed by atoms with E-state index in [9.17, 15) is 0 Å². The maximum atomic E-state index is 4.30. The first kappa shape index (κ1) is 6.65. The molecule has 1 atom stereocenters. The lowest BCUT2D eigenvalue weighted by atomic mass is 10.1. The van der Waals surface area contributed by atoms with Crippen LogP contribution in [0.4, 0.5) is 0 Å². The third kappa shape index (κ3) is 1.07. The Balaban J connectivity index is 2.01. The van der Waals surface area contributed by atoms with E-state index in [1.54, 1.807) is 0 Å². The molecular formula is C7H11BrN2. The predicted molar refractivity (Wildman–Crippen MR) is 45.3 cm³/mol. The minimum atomic E-state index is 0.703. The molecule has 2 nitrogen and oxygen atoms in total. The fourth-order valence-corrected chi connectivity index (χ4v) is 2.13. The highest BCUT2D eigenvalue weighted by Crippen LogP contribution is 2.39. The van der Waals surface area contributed by atoms with E-state index in [4.69, 9.17) is 0 Å². The Bertz CT molecular complexity index is 174. The van der Waals surface area contributed by atoms with Crippen molar-refractivity contribution in [1.82, 2.24) is 5.01 Å². The van der Waals surface area contributed by atoms with Crippen LogP contribution < -0.4 is 0 Å². The van der Waals surface area contributed by atoms with Crippen molar-refractivity contribution in [3.05, 3.63) is 0 Å². The lowest BCUT2D eigenvalue weighted by Gasteiger charge is -2.17. The molecule has 0 aromatic heterocycles. The molecular weight excluding hydrogens is 192 g/mol. The lowest BCUT2D eigenvalue weighted by Crippen LogP contribution is -2.24. The summed E-state index contributed by atoms with van der Waals surface area (Å²) in [5, 5.41) is 6.40. The summed E-state index contributed by atoms with van der Waals surface area (Å²) in [5.41, 5.74) is 0. The average Bonchev–Trinajstić information content (AvgIpc) is 2.61. The third-order valence-corrected chi connectivity index (χ3v) is 2.77. The largest absolute Gasteiger partial charge is 0.296 e. The van der Waals surface area contributed by atoms with Crippen molar-refractivity contribution in [3.63, 3.8) is 0 Å². The molecule has 0 saturated heterocycles. The highest BCUT2D eigenvalue weighted by molar-refractivity contribution is 9.18. The molecule has 2 rings (SSSR count). The predicted octanol–water partition coefficient (Wildman–Crippen LogP) is 1.81. The van der Waals surface area contributed by atoms with E-state index >= 15 is 0 Å². The second-order valence-corrected chi connectivity index (χ2v) is 4.07. The molecule has 1 heterocycles. The Morgan fingerprint density at radius 1 is 1.60 bits per heavy atom. The number of nitrogens with zero attached hydrogens (tertiary/aromatic N) is 2. The van der Waals surface area contributed by atoms with Crippen LogP contribution in [0.15, 0.2) is 5.10 Å². The molecule has 1 fully saturated rings. The summed E-state index contributed by atoms with van der Waals surface area (Å²) in [5.74, 6) is 0.934. The molecule has 2 aliphatic rings. The van der Waals surface area contributed by atoms with Gasteiger partial charge < -0.3 is 0 Å². The zero-order valence-corrected chi connectivity index (χ0v) is 7.63. The van der Waals surface area contributed by atoms with Gasteiger partial charge in [0.15, 0.2) is 0 Å². The molecule has 0 amide bonds. The topological polar surface area (TPSA) is 15.6 Å². The Labute approximate surface area is 69.4 Å². The maximum absolute atomic E-state index is 4.30. The van der Waals surface area contributed by atoms with E-state index in [-0.39, 0.29) is 0 Å². The van der Waals surface area contributed by atoms with Crippen LogP contribution in [-0.2, 0) is 0 Å². The van der Waals surface area contributed by atoms with Gasteiger partial charge in [-0.05, 0) is 34.7 Å². The number of rotatable bonds is 1. The summed E-state index contributed by atoms with van der Waals surface area (Å²) in [7, 11) is 2.07. The second-order valence-electron chi connectivity index (χ2n) is 3.16. The zero-order chi connectivity index (χ0) is 7.14. The number of hydrogen-bond donors (Lipinski definition) is 0. The van der Waals surface area contributed by atoms with E-state index in [1.807, 2.05) is 0 Å². The molecule has 0 spiro atoms. The number of hydrazone groups is 1. The molecule has 1 aliphatic heterocycles. The van der Waals surface area contributed by atoms with E-state index in [1.165, 1.54) is 12.8 Å². The lowest BCUT2D eigenvalue weighted by molar-refractivity contribution is 0.258. The summed E-state index contributed by atoms with van der Waals surface area (Å²) in [4.78, 5) is 0. The van der Waals surface area contributed by atoms with E-state index in [0.29, 0.717) is 6.04 Å². The van der Waals surface area contributed by atoms with Crippen LogP contribution in [0.1, 0.15) is 19.3 Å². The molecule has 0 radical (unpaired) electrons. The van der Waals surface area contributed by atoms with Gasteiger partial charge in [-0.15, -0.1) is 0 Å².